The second kappa shape index (κ2) is 7.82. The normalized spacial score (nSPS) is 17.7. The molecule has 0 N–H and O–H groups in total. The van der Waals surface area contributed by atoms with Crippen LogP contribution in [0.25, 0.3) is 11.0 Å². The van der Waals surface area contributed by atoms with E-state index >= 15 is 0 Å². The third kappa shape index (κ3) is 3.68. The van der Waals surface area contributed by atoms with E-state index in [4.69, 9.17) is 9.26 Å². The number of amides is 1. The fourth-order valence-corrected chi connectivity index (χ4v) is 3.89. The molecular weight excluding hydrogens is 340 g/mol. The van der Waals surface area contributed by atoms with Crippen molar-refractivity contribution in [3.8, 4) is 5.75 Å². The van der Waals surface area contributed by atoms with Crippen molar-refractivity contribution in [2.75, 3.05) is 13.7 Å². The molecule has 1 fully saturated rings. The topological polar surface area (TPSA) is 55.6 Å². The van der Waals surface area contributed by atoms with E-state index in [1.165, 1.54) is 0 Å². The van der Waals surface area contributed by atoms with Gasteiger partial charge in [-0.15, -0.1) is 0 Å². The molecule has 0 radical (unpaired) electrons. The third-order valence-corrected chi connectivity index (χ3v) is 5.34. The van der Waals surface area contributed by atoms with E-state index < -0.39 is 0 Å². The van der Waals surface area contributed by atoms with Crippen LogP contribution in [0.5, 0.6) is 5.75 Å². The molecule has 140 valence electrons. The zero-order valence-corrected chi connectivity index (χ0v) is 15.6. The largest absolute Gasteiger partial charge is 0.497 e. The fourth-order valence-electron chi connectivity index (χ4n) is 3.89. The molecule has 0 saturated carbocycles. The first kappa shape index (κ1) is 17.6. The number of hydrogen-bond donors (Lipinski definition) is 0. The lowest BCUT2D eigenvalue weighted by Gasteiger charge is -2.30. The first-order chi connectivity index (χ1) is 13.3. The molecule has 1 aromatic heterocycles. The van der Waals surface area contributed by atoms with Crippen molar-refractivity contribution in [1.29, 1.82) is 0 Å². The number of likely N-dealkylation sites (tertiary alicyclic amines) is 1. The Hall–Kier alpha value is -2.82. The van der Waals surface area contributed by atoms with Crippen molar-refractivity contribution < 1.29 is 14.1 Å². The highest BCUT2D eigenvalue weighted by Crippen LogP contribution is 2.32. The van der Waals surface area contributed by atoms with Crippen molar-refractivity contribution in [3.05, 3.63) is 59.8 Å². The molecule has 2 heterocycles. The molecule has 1 aliphatic rings. The monoisotopic (exact) mass is 364 g/mol. The van der Waals surface area contributed by atoms with Crippen molar-refractivity contribution in [1.82, 2.24) is 10.1 Å². The lowest BCUT2D eigenvalue weighted by molar-refractivity contribution is -0.133. The predicted octanol–water partition coefficient (Wildman–Crippen LogP) is 4.52. The molecule has 1 amide bonds. The summed E-state index contributed by atoms with van der Waals surface area (Å²) in [5.74, 6) is 0.941. The van der Waals surface area contributed by atoms with Crippen LogP contribution < -0.4 is 4.74 Å². The van der Waals surface area contributed by atoms with Gasteiger partial charge in [0.1, 0.15) is 11.4 Å². The molecule has 3 aromatic rings. The quantitative estimate of drug-likeness (QED) is 0.683. The molecule has 27 heavy (non-hydrogen) atoms. The highest BCUT2D eigenvalue weighted by Gasteiger charge is 2.27. The van der Waals surface area contributed by atoms with Crippen LogP contribution in [0.1, 0.15) is 43.0 Å². The summed E-state index contributed by atoms with van der Waals surface area (Å²) in [6.45, 7) is 0.783. The molecular formula is C22H24N2O3. The second-order valence-corrected chi connectivity index (χ2v) is 7.03. The van der Waals surface area contributed by atoms with Crippen LogP contribution in [0.15, 0.2) is 53.1 Å². The van der Waals surface area contributed by atoms with Crippen LogP contribution in [0.4, 0.5) is 0 Å². The minimum absolute atomic E-state index is 0.101. The average molecular weight is 364 g/mol. The van der Waals surface area contributed by atoms with Crippen molar-refractivity contribution in [2.24, 2.45) is 0 Å². The van der Waals surface area contributed by atoms with E-state index in [9.17, 15) is 4.79 Å². The van der Waals surface area contributed by atoms with Crippen LogP contribution in [0, 0.1) is 0 Å². The molecule has 1 aliphatic heterocycles. The van der Waals surface area contributed by atoms with Gasteiger partial charge in [-0.3, -0.25) is 4.79 Å². The number of nitrogens with zero attached hydrogens (tertiary/aromatic N) is 2. The van der Waals surface area contributed by atoms with Crippen molar-refractivity contribution in [3.63, 3.8) is 0 Å². The van der Waals surface area contributed by atoms with Crippen LogP contribution in [0.2, 0.25) is 0 Å². The van der Waals surface area contributed by atoms with E-state index in [0.717, 1.165) is 54.5 Å². The Morgan fingerprint density at radius 1 is 1.15 bits per heavy atom. The summed E-state index contributed by atoms with van der Waals surface area (Å²) in [5.41, 5.74) is 2.60. The Bertz CT molecular complexity index is 917. The lowest BCUT2D eigenvalue weighted by Crippen LogP contribution is -2.36. The number of para-hydroxylation sites is 1. The summed E-state index contributed by atoms with van der Waals surface area (Å²) in [6, 6.07) is 15.9. The van der Waals surface area contributed by atoms with Gasteiger partial charge in [0.25, 0.3) is 0 Å². The molecule has 0 spiro atoms. The van der Waals surface area contributed by atoms with Gasteiger partial charge in [0.2, 0.25) is 5.91 Å². The molecule has 1 saturated heterocycles. The molecule has 5 nitrogen and oxygen atoms in total. The maximum atomic E-state index is 13.2. The standard InChI is InChI=1S/C22H24N2O3/c1-26-17-12-10-16(11-13-17)20-8-3-2-6-14-24(20)22(25)15-19-18-7-4-5-9-21(18)27-23-19/h4-5,7,9-13,20H,2-3,6,8,14-15H2,1H3/t20-/m1/s1. The van der Waals surface area contributed by atoms with Crippen molar-refractivity contribution >= 4 is 16.9 Å². The molecule has 4 rings (SSSR count). The van der Waals surface area contributed by atoms with Gasteiger partial charge in [-0.1, -0.05) is 42.3 Å². The summed E-state index contributed by atoms with van der Waals surface area (Å²) in [4.78, 5) is 15.2. The van der Waals surface area contributed by atoms with Crippen molar-refractivity contribution in [2.45, 2.75) is 38.1 Å². The average Bonchev–Trinajstić information content (AvgIpc) is 2.95. The number of aromatic nitrogens is 1. The van der Waals surface area contributed by atoms with Gasteiger partial charge < -0.3 is 14.2 Å². The third-order valence-electron chi connectivity index (χ3n) is 5.34. The number of carbonyl (C=O) groups is 1. The zero-order chi connectivity index (χ0) is 18.6. The van der Waals surface area contributed by atoms with E-state index in [1.807, 2.05) is 41.3 Å². The zero-order valence-electron chi connectivity index (χ0n) is 15.6. The Morgan fingerprint density at radius 3 is 2.78 bits per heavy atom. The molecule has 5 heteroatoms. The van der Waals surface area contributed by atoms with Gasteiger partial charge in [0, 0.05) is 11.9 Å². The summed E-state index contributed by atoms with van der Waals surface area (Å²) >= 11 is 0. The Kier molecular flexibility index (Phi) is 5.10. The number of methoxy groups -OCH3 is 1. The predicted molar refractivity (Wildman–Crippen MR) is 104 cm³/mol. The Morgan fingerprint density at radius 2 is 1.96 bits per heavy atom. The lowest BCUT2D eigenvalue weighted by atomic mass is 10.00. The molecule has 1 atom stereocenters. The van der Waals surface area contributed by atoms with E-state index in [-0.39, 0.29) is 18.4 Å². The highest BCUT2D eigenvalue weighted by molar-refractivity contribution is 5.86. The second-order valence-electron chi connectivity index (χ2n) is 7.03. The summed E-state index contributed by atoms with van der Waals surface area (Å²) in [5, 5.41) is 5.05. The minimum Gasteiger partial charge on any atom is -0.497 e. The number of rotatable bonds is 4. The molecule has 0 unspecified atom stereocenters. The SMILES string of the molecule is COc1ccc([C@H]2CCCCCN2C(=O)Cc2noc3ccccc23)cc1. The van der Waals surface area contributed by atoms with Crippen LogP contribution in [-0.2, 0) is 11.2 Å². The summed E-state index contributed by atoms with van der Waals surface area (Å²) in [6.07, 6.45) is 4.58. The molecule has 0 aliphatic carbocycles. The van der Waals surface area contributed by atoms with E-state index in [0.29, 0.717) is 5.69 Å². The fraction of sp³-hybridized carbons (Fsp3) is 0.364. The smallest absolute Gasteiger partial charge is 0.229 e. The van der Waals surface area contributed by atoms with Crippen LogP contribution in [-0.4, -0.2) is 29.6 Å². The molecule has 2 aromatic carbocycles. The van der Waals surface area contributed by atoms with E-state index in [1.54, 1.807) is 7.11 Å². The number of fused-ring (bicyclic) bond motifs is 1. The Balaban J connectivity index is 1.58. The van der Waals surface area contributed by atoms with Gasteiger partial charge in [0.05, 0.1) is 19.6 Å². The number of carbonyl (C=O) groups excluding carboxylic acids is 1. The van der Waals surface area contributed by atoms with Gasteiger partial charge in [-0.25, -0.2) is 0 Å². The van der Waals surface area contributed by atoms with Gasteiger partial charge in [0.15, 0.2) is 5.58 Å². The minimum atomic E-state index is 0.101. The van der Waals surface area contributed by atoms with Gasteiger partial charge >= 0.3 is 0 Å². The van der Waals surface area contributed by atoms with E-state index in [2.05, 4.69) is 17.3 Å². The number of hydrogen-bond acceptors (Lipinski definition) is 4. The maximum absolute atomic E-state index is 13.2. The highest BCUT2D eigenvalue weighted by atomic mass is 16.5. The maximum Gasteiger partial charge on any atom is 0.229 e. The number of benzene rings is 2. The van der Waals surface area contributed by atoms with Gasteiger partial charge in [-0.2, -0.15) is 0 Å². The summed E-state index contributed by atoms with van der Waals surface area (Å²) < 4.78 is 10.6. The summed E-state index contributed by atoms with van der Waals surface area (Å²) in [7, 11) is 1.67. The number of ether oxygens (including phenoxy) is 1. The van der Waals surface area contributed by atoms with Gasteiger partial charge in [-0.05, 0) is 42.7 Å². The van der Waals surface area contributed by atoms with Crippen LogP contribution in [0.3, 0.4) is 0 Å². The first-order valence-corrected chi connectivity index (χ1v) is 9.53. The Labute approximate surface area is 158 Å². The molecule has 0 bridgehead atoms. The first-order valence-electron chi connectivity index (χ1n) is 9.53. The van der Waals surface area contributed by atoms with Crippen LogP contribution >= 0.6 is 0 Å².